The Hall–Kier alpha value is -1.60. The van der Waals surface area contributed by atoms with E-state index in [1.54, 1.807) is 0 Å². The van der Waals surface area contributed by atoms with Crippen molar-refractivity contribution in [2.45, 2.75) is 50.5 Å². The molecule has 3 rings (SSSR count). The number of hydrogen-bond donors (Lipinski definition) is 1. The molecular formula is C20H25N. The summed E-state index contributed by atoms with van der Waals surface area (Å²) in [6.45, 7) is 2.23. The van der Waals surface area contributed by atoms with Crippen LogP contribution in [0.2, 0.25) is 0 Å². The van der Waals surface area contributed by atoms with Gasteiger partial charge in [-0.15, -0.1) is 0 Å². The first kappa shape index (κ1) is 14.3. The second-order valence-corrected chi connectivity index (χ2v) is 6.35. The first-order valence-corrected chi connectivity index (χ1v) is 8.18. The second kappa shape index (κ2) is 6.03. The zero-order valence-corrected chi connectivity index (χ0v) is 12.9. The molecule has 2 aromatic rings. The molecule has 0 heterocycles. The van der Waals surface area contributed by atoms with Gasteiger partial charge >= 0.3 is 0 Å². The molecule has 0 amide bonds. The molecule has 2 aromatic carbocycles. The summed E-state index contributed by atoms with van der Waals surface area (Å²) in [6.07, 6.45) is 6.11. The lowest BCUT2D eigenvalue weighted by Crippen LogP contribution is -2.50. The van der Waals surface area contributed by atoms with Gasteiger partial charge in [-0.3, -0.25) is 0 Å². The molecule has 0 aliphatic heterocycles. The van der Waals surface area contributed by atoms with Crippen LogP contribution in [-0.4, -0.2) is 6.04 Å². The summed E-state index contributed by atoms with van der Waals surface area (Å²) in [5.41, 5.74) is 10.8. The van der Waals surface area contributed by atoms with Gasteiger partial charge in [0.05, 0.1) is 0 Å². The molecule has 1 aliphatic carbocycles. The fraction of sp³-hybridized carbons (Fsp3) is 0.400. The molecule has 0 bridgehead atoms. The van der Waals surface area contributed by atoms with Crippen molar-refractivity contribution >= 4 is 0 Å². The van der Waals surface area contributed by atoms with Crippen LogP contribution in [0.4, 0.5) is 0 Å². The molecule has 0 aromatic heterocycles. The average Bonchev–Trinajstić information content (AvgIpc) is 2.48. The van der Waals surface area contributed by atoms with Crippen molar-refractivity contribution in [1.82, 2.24) is 0 Å². The Morgan fingerprint density at radius 3 is 2.10 bits per heavy atom. The predicted octanol–water partition coefficient (Wildman–Crippen LogP) is 4.90. The number of benzene rings is 2. The van der Waals surface area contributed by atoms with E-state index in [2.05, 4.69) is 61.5 Å². The summed E-state index contributed by atoms with van der Waals surface area (Å²) >= 11 is 0. The van der Waals surface area contributed by atoms with Gasteiger partial charge in [-0.25, -0.2) is 0 Å². The molecule has 1 fully saturated rings. The van der Waals surface area contributed by atoms with Crippen molar-refractivity contribution in [2.75, 3.05) is 0 Å². The van der Waals surface area contributed by atoms with Gasteiger partial charge < -0.3 is 5.73 Å². The van der Waals surface area contributed by atoms with E-state index < -0.39 is 0 Å². The van der Waals surface area contributed by atoms with E-state index in [9.17, 15) is 0 Å². The Balaban J connectivity index is 1.86. The lowest BCUT2D eigenvalue weighted by Gasteiger charge is -2.47. The maximum atomic E-state index is 6.51. The smallest absolute Gasteiger partial charge is 0.0136 e. The van der Waals surface area contributed by atoms with Crippen molar-refractivity contribution in [3.63, 3.8) is 0 Å². The Kier molecular flexibility index (Phi) is 4.12. The largest absolute Gasteiger partial charge is 0.327 e. The molecule has 0 saturated heterocycles. The van der Waals surface area contributed by atoms with Crippen molar-refractivity contribution in [3.05, 3.63) is 60.2 Å². The van der Waals surface area contributed by atoms with E-state index in [0.29, 0.717) is 6.04 Å². The fourth-order valence-corrected chi connectivity index (χ4v) is 3.64. The SMILES string of the molecule is CCCC(N)C1(c2ccc(-c3ccccc3)cc2)CCC1. The third-order valence-corrected chi connectivity index (χ3v) is 5.12. The summed E-state index contributed by atoms with van der Waals surface area (Å²) < 4.78 is 0. The van der Waals surface area contributed by atoms with Gasteiger partial charge in [0.15, 0.2) is 0 Å². The Labute approximate surface area is 128 Å². The average molecular weight is 279 g/mol. The van der Waals surface area contributed by atoms with Crippen LogP contribution in [0.3, 0.4) is 0 Å². The molecular weight excluding hydrogens is 254 g/mol. The molecule has 1 saturated carbocycles. The quantitative estimate of drug-likeness (QED) is 0.827. The lowest BCUT2D eigenvalue weighted by molar-refractivity contribution is 0.188. The van der Waals surface area contributed by atoms with E-state index in [1.807, 2.05) is 0 Å². The number of hydrogen-bond acceptors (Lipinski definition) is 1. The second-order valence-electron chi connectivity index (χ2n) is 6.35. The van der Waals surface area contributed by atoms with Gasteiger partial charge in [0.1, 0.15) is 0 Å². The van der Waals surface area contributed by atoms with Crippen LogP contribution >= 0.6 is 0 Å². The van der Waals surface area contributed by atoms with Crippen LogP contribution in [0, 0.1) is 0 Å². The summed E-state index contributed by atoms with van der Waals surface area (Å²) in [7, 11) is 0. The van der Waals surface area contributed by atoms with Crippen LogP contribution in [0.5, 0.6) is 0 Å². The van der Waals surface area contributed by atoms with Crippen molar-refractivity contribution in [2.24, 2.45) is 5.73 Å². The predicted molar refractivity (Wildman–Crippen MR) is 90.3 cm³/mol. The number of nitrogens with two attached hydrogens (primary N) is 1. The summed E-state index contributed by atoms with van der Waals surface area (Å²) in [5.74, 6) is 0. The first-order chi connectivity index (χ1) is 10.3. The van der Waals surface area contributed by atoms with Gasteiger partial charge in [0.2, 0.25) is 0 Å². The van der Waals surface area contributed by atoms with E-state index in [0.717, 1.165) is 6.42 Å². The molecule has 2 N–H and O–H groups in total. The molecule has 1 heteroatoms. The van der Waals surface area contributed by atoms with E-state index in [-0.39, 0.29) is 5.41 Å². The van der Waals surface area contributed by atoms with Crippen LogP contribution in [-0.2, 0) is 5.41 Å². The van der Waals surface area contributed by atoms with Crippen LogP contribution in [0.15, 0.2) is 54.6 Å². The maximum absolute atomic E-state index is 6.51. The normalized spacial score (nSPS) is 18.0. The van der Waals surface area contributed by atoms with Gasteiger partial charge in [0.25, 0.3) is 0 Å². The highest BCUT2D eigenvalue weighted by Crippen LogP contribution is 2.47. The zero-order chi connectivity index (χ0) is 14.7. The van der Waals surface area contributed by atoms with Crippen molar-refractivity contribution in [1.29, 1.82) is 0 Å². The first-order valence-electron chi connectivity index (χ1n) is 8.18. The molecule has 110 valence electrons. The molecule has 1 atom stereocenters. The molecule has 1 aliphatic rings. The van der Waals surface area contributed by atoms with Gasteiger partial charge in [-0.2, -0.15) is 0 Å². The summed E-state index contributed by atoms with van der Waals surface area (Å²) in [4.78, 5) is 0. The maximum Gasteiger partial charge on any atom is 0.0136 e. The van der Waals surface area contributed by atoms with E-state index >= 15 is 0 Å². The van der Waals surface area contributed by atoms with Crippen LogP contribution < -0.4 is 5.73 Å². The molecule has 1 nitrogen and oxygen atoms in total. The molecule has 0 spiro atoms. The minimum absolute atomic E-state index is 0.241. The Morgan fingerprint density at radius 2 is 1.57 bits per heavy atom. The topological polar surface area (TPSA) is 26.0 Å². The third kappa shape index (κ3) is 2.63. The standard InChI is InChI=1S/C20H25N/c1-2-7-19(21)20(14-6-15-20)18-12-10-17(11-13-18)16-8-4-3-5-9-16/h3-5,8-13,19H,2,6-7,14-15,21H2,1H3. The van der Waals surface area contributed by atoms with Crippen LogP contribution in [0.25, 0.3) is 11.1 Å². The minimum Gasteiger partial charge on any atom is -0.327 e. The van der Waals surface area contributed by atoms with E-state index in [4.69, 9.17) is 5.73 Å². The molecule has 0 radical (unpaired) electrons. The monoisotopic (exact) mass is 279 g/mol. The van der Waals surface area contributed by atoms with Gasteiger partial charge in [-0.1, -0.05) is 74.4 Å². The van der Waals surface area contributed by atoms with Crippen molar-refractivity contribution in [3.8, 4) is 11.1 Å². The van der Waals surface area contributed by atoms with Crippen LogP contribution in [0.1, 0.15) is 44.6 Å². The summed E-state index contributed by atoms with van der Waals surface area (Å²) in [5, 5.41) is 0. The summed E-state index contributed by atoms with van der Waals surface area (Å²) in [6, 6.07) is 20.0. The highest BCUT2D eigenvalue weighted by molar-refractivity contribution is 5.63. The zero-order valence-electron chi connectivity index (χ0n) is 12.9. The highest BCUT2D eigenvalue weighted by Gasteiger charge is 2.43. The number of rotatable bonds is 5. The minimum atomic E-state index is 0.241. The molecule has 21 heavy (non-hydrogen) atoms. The van der Waals surface area contributed by atoms with Crippen molar-refractivity contribution < 1.29 is 0 Å². The van der Waals surface area contributed by atoms with Gasteiger partial charge in [-0.05, 0) is 36.0 Å². The Bertz CT molecular complexity index is 567. The lowest BCUT2D eigenvalue weighted by atomic mass is 9.59. The fourth-order valence-electron chi connectivity index (χ4n) is 3.64. The highest BCUT2D eigenvalue weighted by atomic mass is 14.7. The van der Waals surface area contributed by atoms with Gasteiger partial charge in [0, 0.05) is 11.5 Å². The molecule has 1 unspecified atom stereocenters. The van der Waals surface area contributed by atoms with E-state index in [1.165, 1.54) is 42.4 Å². The third-order valence-electron chi connectivity index (χ3n) is 5.12. The Morgan fingerprint density at radius 1 is 0.952 bits per heavy atom.